The average Bonchev–Trinajstić information content (AvgIpc) is 2.48. The van der Waals surface area contributed by atoms with Gasteiger partial charge in [-0.15, -0.1) is 10.2 Å². The molecule has 1 heterocycles. The van der Waals surface area contributed by atoms with Crippen molar-refractivity contribution < 1.29 is 4.79 Å². The fourth-order valence-electron chi connectivity index (χ4n) is 1.55. The van der Waals surface area contributed by atoms with Gasteiger partial charge in [0, 0.05) is 6.54 Å². The van der Waals surface area contributed by atoms with E-state index in [0.29, 0.717) is 23.1 Å². The molecule has 0 saturated heterocycles. The maximum atomic E-state index is 11.7. The summed E-state index contributed by atoms with van der Waals surface area (Å²) < 4.78 is 0. The molecule has 1 aromatic heterocycles. The van der Waals surface area contributed by atoms with Gasteiger partial charge in [-0.1, -0.05) is 30.7 Å². The number of carbonyl (C=O) groups excluding carboxylic acids is 1. The van der Waals surface area contributed by atoms with Gasteiger partial charge in [0.1, 0.15) is 0 Å². The molecule has 1 amide bonds. The van der Waals surface area contributed by atoms with Crippen LogP contribution >= 0.6 is 11.6 Å². The molecule has 104 valence electrons. The number of benzene rings is 1. The van der Waals surface area contributed by atoms with Crippen LogP contribution in [0.3, 0.4) is 0 Å². The highest BCUT2D eigenvalue weighted by atomic mass is 35.5. The van der Waals surface area contributed by atoms with E-state index in [2.05, 4.69) is 20.8 Å². The number of rotatable bonds is 5. The summed E-state index contributed by atoms with van der Waals surface area (Å²) in [5.41, 5.74) is 1.04. The highest BCUT2D eigenvalue weighted by Crippen LogP contribution is 2.23. The summed E-state index contributed by atoms with van der Waals surface area (Å²) in [5, 5.41) is 14.2. The van der Waals surface area contributed by atoms with E-state index >= 15 is 0 Å². The van der Waals surface area contributed by atoms with Crippen LogP contribution in [0.1, 0.15) is 23.8 Å². The molecule has 0 atom stereocenters. The van der Waals surface area contributed by atoms with Crippen LogP contribution in [-0.2, 0) is 0 Å². The molecule has 0 saturated carbocycles. The van der Waals surface area contributed by atoms with Gasteiger partial charge in [-0.2, -0.15) is 0 Å². The van der Waals surface area contributed by atoms with Crippen molar-refractivity contribution >= 4 is 29.0 Å². The highest BCUT2D eigenvalue weighted by Gasteiger charge is 2.07. The van der Waals surface area contributed by atoms with Gasteiger partial charge in [-0.05, 0) is 30.7 Å². The largest absolute Gasteiger partial charge is 0.351 e. The Kier molecular flexibility index (Phi) is 4.90. The number of halogens is 1. The lowest BCUT2D eigenvalue weighted by molar-refractivity contribution is 0.0947. The summed E-state index contributed by atoms with van der Waals surface area (Å²) in [6, 6.07) is 10.7. The van der Waals surface area contributed by atoms with Crippen LogP contribution in [0.4, 0.5) is 11.5 Å². The van der Waals surface area contributed by atoms with E-state index in [1.165, 1.54) is 0 Å². The maximum absolute atomic E-state index is 11.7. The van der Waals surface area contributed by atoms with Crippen LogP contribution in [0.5, 0.6) is 0 Å². The first-order valence-electron chi connectivity index (χ1n) is 6.34. The minimum atomic E-state index is -0.219. The van der Waals surface area contributed by atoms with Gasteiger partial charge in [-0.3, -0.25) is 4.79 Å². The molecule has 5 nitrogen and oxygen atoms in total. The third-order valence-electron chi connectivity index (χ3n) is 2.57. The zero-order chi connectivity index (χ0) is 14.4. The van der Waals surface area contributed by atoms with Crippen LogP contribution in [0.15, 0.2) is 36.4 Å². The number of aromatic nitrogens is 2. The van der Waals surface area contributed by atoms with E-state index in [0.717, 1.165) is 12.1 Å². The summed E-state index contributed by atoms with van der Waals surface area (Å²) in [4.78, 5) is 11.7. The zero-order valence-corrected chi connectivity index (χ0v) is 11.8. The fourth-order valence-corrected chi connectivity index (χ4v) is 1.73. The van der Waals surface area contributed by atoms with Crippen LogP contribution < -0.4 is 10.6 Å². The maximum Gasteiger partial charge on any atom is 0.271 e. The fraction of sp³-hybridized carbons (Fsp3) is 0.214. The molecular weight excluding hydrogens is 276 g/mol. The predicted octanol–water partition coefficient (Wildman–Crippen LogP) is 3.01. The summed E-state index contributed by atoms with van der Waals surface area (Å²) in [5.74, 6) is 0.314. The third-order valence-corrected chi connectivity index (χ3v) is 2.90. The normalized spacial score (nSPS) is 10.1. The van der Waals surface area contributed by atoms with Crippen LogP contribution in [0.2, 0.25) is 5.02 Å². The summed E-state index contributed by atoms with van der Waals surface area (Å²) >= 11 is 6.04. The molecule has 6 heteroatoms. The standard InChI is InChI=1S/C14H15ClN4O/c1-2-9-16-14(20)12-7-8-13(19-18-12)17-11-6-4-3-5-10(11)15/h3-8H,2,9H2,1H3,(H,16,20)(H,17,19). The summed E-state index contributed by atoms with van der Waals surface area (Å²) in [6.07, 6.45) is 0.880. The average molecular weight is 291 g/mol. The van der Waals surface area contributed by atoms with Gasteiger partial charge in [0.15, 0.2) is 11.5 Å². The topological polar surface area (TPSA) is 66.9 Å². The number of carbonyl (C=O) groups is 1. The summed E-state index contributed by atoms with van der Waals surface area (Å²) in [6.45, 7) is 2.61. The molecule has 1 aromatic carbocycles. The second-order valence-electron chi connectivity index (χ2n) is 4.16. The second-order valence-corrected chi connectivity index (χ2v) is 4.57. The SMILES string of the molecule is CCCNC(=O)c1ccc(Nc2ccccc2Cl)nn1. The number of para-hydroxylation sites is 1. The Morgan fingerprint density at radius 2 is 2.00 bits per heavy atom. The molecule has 0 aliphatic carbocycles. The molecule has 20 heavy (non-hydrogen) atoms. The monoisotopic (exact) mass is 290 g/mol. The van der Waals surface area contributed by atoms with E-state index in [-0.39, 0.29) is 5.91 Å². The van der Waals surface area contributed by atoms with Crippen molar-refractivity contribution in [2.24, 2.45) is 0 Å². The van der Waals surface area contributed by atoms with Crippen molar-refractivity contribution in [1.82, 2.24) is 15.5 Å². The number of amides is 1. The smallest absolute Gasteiger partial charge is 0.271 e. The predicted molar refractivity (Wildman–Crippen MR) is 79.4 cm³/mol. The molecule has 0 aliphatic heterocycles. The minimum absolute atomic E-state index is 0.219. The van der Waals surface area contributed by atoms with Crippen molar-refractivity contribution in [3.8, 4) is 0 Å². The molecule has 0 bridgehead atoms. The van der Waals surface area contributed by atoms with Crippen molar-refractivity contribution in [1.29, 1.82) is 0 Å². The van der Waals surface area contributed by atoms with Gasteiger partial charge in [0.25, 0.3) is 5.91 Å². The van der Waals surface area contributed by atoms with E-state index in [1.54, 1.807) is 18.2 Å². The Morgan fingerprint density at radius 1 is 1.20 bits per heavy atom. The van der Waals surface area contributed by atoms with Gasteiger partial charge in [0.05, 0.1) is 10.7 Å². The number of hydrogen-bond acceptors (Lipinski definition) is 4. The molecule has 0 radical (unpaired) electrons. The van der Waals surface area contributed by atoms with Gasteiger partial charge < -0.3 is 10.6 Å². The molecule has 0 aliphatic rings. The van der Waals surface area contributed by atoms with Crippen LogP contribution in [0, 0.1) is 0 Å². The molecule has 2 rings (SSSR count). The van der Waals surface area contributed by atoms with E-state index in [1.807, 2.05) is 25.1 Å². The highest BCUT2D eigenvalue weighted by molar-refractivity contribution is 6.33. The third kappa shape index (κ3) is 3.68. The molecule has 0 fully saturated rings. The molecule has 0 unspecified atom stereocenters. The Labute approximate surface area is 122 Å². The zero-order valence-electron chi connectivity index (χ0n) is 11.1. The first-order valence-corrected chi connectivity index (χ1v) is 6.72. The number of anilines is 2. The van der Waals surface area contributed by atoms with E-state index in [9.17, 15) is 4.79 Å². The van der Waals surface area contributed by atoms with Crippen molar-refractivity contribution in [2.45, 2.75) is 13.3 Å². The number of nitrogens with zero attached hydrogens (tertiary/aromatic N) is 2. The van der Waals surface area contributed by atoms with Crippen LogP contribution in [0.25, 0.3) is 0 Å². The van der Waals surface area contributed by atoms with Gasteiger partial charge in [-0.25, -0.2) is 0 Å². The Balaban J connectivity index is 2.05. The van der Waals surface area contributed by atoms with Crippen LogP contribution in [-0.4, -0.2) is 22.6 Å². The molecule has 0 spiro atoms. The lowest BCUT2D eigenvalue weighted by atomic mass is 10.3. The number of nitrogens with one attached hydrogen (secondary N) is 2. The minimum Gasteiger partial charge on any atom is -0.351 e. The van der Waals surface area contributed by atoms with Gasteiger partial charge in [0.2, 0.25) is 0 Å². The first kappa shape index (κ1) is 14.3. The second kappa shape index (κ2) is 6.86. The Morgan fingerprint density at radius 3 is 2.65 bits per heavy atom. The lowest BCUT2D eigenvalue weighted by Gasteiger charge is -2.07. The Hall–Kier alpha value is -2.14. The van der Waals surface area contributed by atoms with Crippen molar-refractivity contribution in [3.05, 3.63) is 47.1 Å². The first-order chi connectivity index (χ1) is 9.70. The van der Waals surface area contributed by atoms with E-state index < -0.39 is 0 Å². The molecular formula is C14H15ClN4O. The van der Waals surface area contributed by atoms with Crippen molar-refractivity contribution in [3.63, 3.8) is 0 Å². The van der Waals surface area contributed by atoms with E-state index in [4.69, 9.17) is 11.6 Å². The molecule has 2 aromatic rings. The number of hydrogen-bond donors (Lipinski definition) is 2. The Bertz CT molecular complexity index is 586. The molecule has 2 N–H and O–H groups in total. The van der Waals surface area contributed by atoms with Gasteiger partial charge >= 0.3 is 0 Å². The summed E-state index contributed by atoms with van der Waals surface area (Å²) in [7, 11) is 0. The van der Waals surface area contributed by atoms with Crippen molar-refractivity contribution in [2.75, 3.05) is 11.9 Å². The quantitative estimate of drug-likeness (QED) is 0.888. The lowest BCUT2D eigenvalue weighted by Crippen LogP contribution is -2.25.